The molecule has 128 valence electrons. The van der Waals surface area contributed by atoms with Crippen molar-refractivity contribution in [3.63, 3.8) is 0 Å². The van der Waals surface area contributed by atoms with E-state index in [0.717, 1.165) is 12.8 Å². The van der Waals surface area contributed by atoms with Crippen molar-refractivity contribution in [2.24, 2.45) is 0 Å². The molecule has 0 radical (unpaired) electrons. The average molecular weight is 355 g/mol. The van der Waals surface area contributed by atoms with E-state index in [1.807, 2.05) is 0 Å². The molecule has 0 atom stereocenters. The number of aromatic nitrogens is 2. The van der Waals surface area contributed by atoms with E-state index >= 15 is 0 Å². The summed E-state index contributed by atoms with van der Waals surface area (Å²) in [5, 5.41) is 0. The maximum atomic E-state index is 12.8. The van der Waals surface area contributed by atoms with Gasteiger partial charge in [-0.3, -0.25) is 9.69 Å². The van der Waals surface area contributed by atoms with Crippen LogP contribution >= 0.6 is 0 Å². The molecule has 1 aromatic carbocycles. The van der Waals surface area contributed by atoms with E-state index in [4.69, 9.17) is 0 Å². The molecule has 1 fully saturated rings. The quantitative estimate of drug-likeness (QED) is 0.724. The van der Waals surface area contributed by atoms with Crippen LogP contribution < -0.4 is 4.90 Å². The van der Waals surface area contributed by atoms with E-state index in [0.29, 0.717) is 29.8 Å². The summed E-state index contributed by atoms with van der Waals surface area (Å²) in [6, 6.07) is 13.4. The summed E-state index contributed by atoms with van der Waals surface area (Å²) in [5.41, 5.74) is 1.05. The third kappa shape index (κ3) is 2.70. The summed E-state index contributed by atoms with van der Waals surface area (Å²) in [4.78, 5) is 18.5. The van der Waals surface area contributed by atoms with Crippen molar-refractivity contribution >= 4 is 32.8 Å². The Bertz CT molecular complexity index is 1040. The maximum Gasteiger partial charge on any atom is 0.268 e. The lowest BCUT2D eigenvalue weighted by Gasteiger charge is -2.25. The number of carbonyl (C=O) groups excluding carboxylic acids is 1. The standard InChI is InChI=1S/C18H17N3O3S/c22-18-8-4-5-12-20(18)17-10-9-16-15(19-17)11-13-21(16)25(23,24)14-6-2-1-3-7-14/h1-3,6-7,9-11,13H,4-5,8,12H2. The zero-order valence-corrected chi connectivity index (χ0v) is 14.3. The van der Waals surface area contributed by atoms with Gasteiger partial charge in [-0.1, -0.05) is 18.2 Å². The number of nitrogens with zero attached hydrogens (tertiary/aromatic N) is 3. The number of hydrogen-bond donors (Lipinski definition) is 0. The molecule has 7 heteroatoms. The molecule has 0 bridgehead atoms. The van der Waals surface area contributed by atoms with E-state index < -0.39 is 10.0 Å². The van der Waals surface area contributed by atoms with Gasteiger partial charge in [0, 0.05) is 19.2 Å². The van der Waals surface area contributed by atoms with Gasteiger partial charge in [0.25, 0.3) is 10.0 Å². The summed E-state index contributed by atoms with van der Waals surface area (Å²) < 4.78 is 26.9. The molecule has 1 saturated heterocycles. The van der Waals surface area contributed by atoms with Crippen LogP contribution in [0.2, 0.25) is 0 Å². The lowest BCUT2D eigenvalue weighted by atomic mass is 10.1. The molecule has 2 aromatic heterocycles. The van der Waals surface area contributed by atoms with E-state index in [1.165, 1.54) is 10.2 Å². The predicted octanol–water partition coefficient (Wildman–Crippen LogP) is 2.79. The molecule has 1 aliphatic rings. The van der Waals surface area contributed by atoms with Gasteiger partial charge in [0.15, 0.2) is 0 Å². The van der Waals surface area contributed by atoms with Crippen LogP contribution in [0.25, 0.3) is 11.0 Å². The molecule has 0 aliphatic carbocycles. The van der Waals surface area contributed by atoms with Crippen LogP contribution in [0.4, 0.5) is 5.82 Å². The number of fused-ring (bicyclic) bond motifs is 1. The van der Waals surface area contributed by atoms with Gasteiger partial charge in [0.2, 0.25) is 5.91 Å². The summed E-state index contributed by atoms with van der Waals surface area (Å²) in [7, 11) is -3.67. The highest BCUT2D eigenvalue weighted by Crippen LogP contribution is 2.25. The first kappa shape index (κ1) is 15.8. The van der Waals surface area contributed by atoms with Gasteiger partial charge in [-0.25, -0.2) is 17.4 Å². The number of pyridine rings is 1. The van der Waals surface area contributed by atoms with Gasteiger partial charge in [-0.15, -0.1) is 0 Å². The highest BCUT2D eigenvalue weighted by molar-refractivity contribution is 7.90. The number of piperidine rings is 1. The highest BCUT2D eigenvalue weighted by atomic mass is 32.2. The van der Waals surface area contributed by atoms with Gasteiger partial charge in [0.05, 0.1) is 15.9 Å². The normalized spacial score (nSPS) is 15.7. The molecular weight excluding hydrogens is 338 g/mol. The van der Waals surface area contributed by atoms with Crippen molar-refractivity contribution in [2.75, 3.05) is 11.4 Å². The minimum absolute atomic E-state index is 0.0643. The molecule has 25 heavy (non-hydrogen) atoms. The minimum Gasteiger partial charge on any atom is -0.297 e. The molecule has 6 nitrogen and oxygen atoms in total. The molecule has 0 N–H and O–H groups in total. The molecular formula is C18H17N3O3S. The Balaban J connectivity index is 1.77. The Hall–Kier alpha value is -2.67. The number of hydrogen-bond acceptors (Lipinski definition) is 4. The van der Waals surface area contributed by atoms with Gasteiger partial charge in [-0.2, -0.15) is 0 Å². The van der Waals surface area contributed by atoms with E-state index in [2.05, 4.69) is 4.98 Å². The fourth-order valence-corrected chi connectivity index (χ4v) is 4.46. The minimum atomic E-state index is -3.67. The Labute approximate surface area is 145 Å². The smallest absolute Gasteiger partial charge is 0.268 e. The van der Waals surface area contributed by atoms with Crippen molar-refractivity contribution in [1.82, 2.24) is 8.96 Å². The van der Waals surface area contributed by atoms with Crippen molar-refractivity contribution in [2.45, 2.75) is 24.2 Å². The first-order chi connectivity index (χ1) is 12.1. The van der Waals surface area contributed by atoms with Gasteiger partial charge in [0.1, 0.15) is 5.82 Å². The van der Waals surface area contributed by atoms with Crippen molar-refractivity contribution in [3.8, 4) is 0 Å². The lowest BCUT2D eigenvalue weighted by Crippen LogP contribution is -2.35. The number of anilines is 1. The molecule has 0 spiro atoms. The van der Waals surface area contributed by atoms with Crippen LogP contribution in [0.15, 0.2) is 59.6 Å². The first-order valence-corrected chi connectivity index (χ1v) is 9.60. The van der Waals surface area contributed by atoms with Crippen LogP contribution in [0.5, 0.6) is 0 Å². The molecule has 1 aliphatic heterocycles. The predicted molar refractivity (Wildman–Crippen MR) is 95.0 cm³/mol. The molecule has 4 rings (SSSR count). The monoisotopic (exact) mass is 355 g/mol. The number of rotatable bonds is 3. The van der Waals surface area contributed by atoms with E-state index in [-0.39, 0.29) is 10.8 Å². The second-order valence-corrected chi connectivity index (χ2v) is 7.82. The Kier molecular flexibility index (Phi) is 3.80. The van der Waals surface area contributed by atoms with E-state index in [9.17, 15) is 13.2 Å². The molecule has 3 heterocycles. The Morgan fingerprint density at radius 2 is 1.76 bits per heavy atom. The fourth-order valence-electron chi connectivity index (χ4n) is 3.10. The average Bonchev–Trinajstić information content (AvgIpc) is 3.07. The van der Waals surface area contributed by atoms with Crippen LogP contribution in [-0.4, -0.2) is 29.8 Å². The zero-order valence-electron chi connectivity index (χ0n) is 13.5. The molecule has 1 amide bonds. The number of carbonyl (C=O) groups is 1. The van der Waals surface area contributed by atoms with Crippen LogP contribution in [0, 0.1) is 0 Å². The van der Waals surface area contributed by atoms with Crippen molar-refractivity contribution < 1.29 is 13.2 Å². The Morgan fingerprint density at radius 1 is 0.960 bits per heavy atom. The van der Waals surface area contributed by atoms with E-state index in [1.54, 1.807) is 53.4 Å². The SMILES string of the molecule is O=C1CCCCN1c1ccc2c(ccn2S(=O)(=O)c2ccccc2)n1. The Morgan fingerprint density at radius 3 is 2.52 bits per heavy atom. The third-order valence-corrected chi connectivity index (χ3v) is 6.10. The van der Waals surface area contributed by atoms with Gasteiger partial charge >= 0.3 is 0 Å². The van der Waals surface area contributed by atoms with Gasteiger partial charge < -0.3 is 0 Å². The lowest BCUT2D eigenvalue weighted by molar-refractivity contribution is -0.119. The van der Waals surface area contributed by atoms with Gasteiger partial charge in [-0.05, 0) is 43.2 Å². The van der Waals surface area contributed by atoms with Crippen molar-refractivity contribution in [1.29, 1.82) is 0 Å². The summed E-state index contributed by atoms with van der Waals surface area (Å²) >= 11 is 0. The summed E-state index contributed by atoms with van der Waals surface area (Å²) in [5.74, 6) is 0.640. The topological polar surface area (TPSA) is 72.3 Å². The fraction of sp³-hybridized carbons (Fsp3) is 0.222. The first-order valence-electron chi connectivity index (χ1n) is 8.16. The summed E-state index contributed by atoms with van der Waals surface area (Å²) in [6.07, 6.45) is 3.89. The van der Waals surface area contributed by atoms with Crippen LogP contribution in [0.1, 0.15) is 19.3 Å². The second kappa shape index (κ2) is 6.00. The highest BCUT2D eigenvalue weighted by Gasteiger charge is 2.23. The molecule has 3 aromatic rings. The molecule has 0 unspecified atom stereocenters. The maximum absolute atomic E-state index is 12.8. The van der Waals surface area contributed by atoms with Crippen LogP contribution in [-0.2, 0) is 14.8 Å². The van der Waals surface area contributed by atoms with Crippen LogP contribution in [0.3, 0.4) is 0 Å². The van der Waals surface area contributed by atoms with Crippen molar-refractivity contribution in [3.05, 3.63) is 54.7 Å². The zero-order chi connectivity index (χ0) is 17.4. The largest absolute Gasteiger partial charge is 0.297 e. The second-order valence-electron chi connectivity index (χ2n) is 6.01. The number of amides is 1. The number of benzene rings is 1. The summed E-state index contributed by atoms with van der Waals surface area (Å²) in [6.45, 7) is 0.653. The molecule has 0 saturated carbocycles. The third-order valence-electron chi connectivity index (χ3n) is 4.39.